The average Bonchev–Trinajstić information content (AvgIpc) is 3.51. The van der Waals surface area contributed by atoms with Crippen molar-refractivity contribution in [3.8, 4) is 22.1 Å². The molecule has 9 heteroatoms. The first-order valence-electron chi connectivity index (χ1n) is 10.3. The standard InChI is InChI=1S/C24H23N3O5S/c1-14(2)27-23-18(12-25-27)16(11-19(26-23)22-6-5-9-33-22)24(29)32-13-20(28)17-10-15(30-3)7-8-21(17)31-4/h5-12,14H,13H2,1-4H3. The summed E-state index contributed by atoms with van der Waals surface area (Å²) in [5.41, 5.74) is 1.81. The number of carbonyl (C=O) groups is 2. The van der Waals surface area contributed by atoms with Gasteiger partial charge in [-0.3, -0.25) is 4.79 Å². The van der Waals surface area contributed by atoms with Gasteiger partial charge in [0.05, 0.1) is 47.5 Å². The lowest BCUT2D eigenvalue weighted by atomic mass is 10.1. The Bertz CT molecular complexity index is 1310. The van der Waals surface area contributed by atoms with Gasteiger partial charge >= 0.3 is 5.97 Å². The number of esters is 1. The second kappa shape index (κ2) is 9.41. The number of Topliss-reactive ketones (excluding diaryl/α,β-unsaturated/α-hetero) is 1. The van der Waals surface area contributed by atoms with E-state index in [1.807, 2.05) is 31.4 Å². The van der Waals surface area contributed by atoms with Crippen LogP contribution in [0.15, 0.2) is 48.0 Å². The van der Waals surface area contributed by atoms with E-state index >= 15 is 0 Å². The summed E-state index contributed by atoms with van der Waals surface area (Å²) in [5, 5.41) is 6.91. The lowest BCUT2D eigenvalue weighted by molar-refractivity contribution is 0.0476. The number of ketones is 1. The topological polar surface area (TPSA) is 92.5 Å². The number of hydrogen-bond acceptors (Lipinski definition) is 8. The Morgan fingerprint density at radius 1 is 1.09 bits per heavy atom. The van der Waals surface area contributed by atoms with Gasteiger partial charge in [-0.15, -0.1) is 11.3 Å². The molecule has 33 heavy (non-hydrogen) atoms. The molecular weight excluding hydrogens is 442 g/mol. The van der Waals surface area contributed by atoms with Gasteiger partial charge in [0.2, 0.25) is 5.78 Å². The Morgan fingerprint density at radius 3 is 2.58 bits per heavy atom. The Kier molecular flexibility index (Phi) is 6.41. The molecule has 1 aromatic carbocycles. The molecule has 0 atom stereocenters. The van der Waals surface area contributed by atoms with Crippen LogP contribution >= 0.6 is 11.3 Å². The number of hydrogen-bond donors (Lipinski definition) is 0. The first kappa shape index (κ1) is 22.5. The number of methoxy groups -OCH3 is 2. The third kappa shape index (κ3) is 4.45. The molecule has 8 nitrogen and oxygen atoms in total. The fourth-order valence-electron chi connectivity index (χ4n) is 3.43. The van der Waals surface area contributed by atoms with Crippen LogP contribution in [0.3, 0.4) is 0 Å². The van der Waals surface area contributed by atoms with Gasteiger partial charge in [-0.2, -0.15) is 5.10 Å². The number of pyridine rings is 1. The van der Waals surface area contributed by atoms with Crippen molar-refractivity contribution < 1.29 is 23.8 Å². The molecule has 0 aliphatic rings. The zero-order valence-corrected chi connectivity index (χ0v) is 19.5. The maximum absolute atomic E-state index is 13.1. The van der Waals surface area contributed by atoms with Crippen LogP contribution in [0.2, 0.25) is 0 Å². The maximum atomic E-state index is 13.1. The molecule has 4 rings (SSSR count). The molecule has 0 aliphatic heterocycles. The molecule has 0 fully saturated rings. The minimum absolute atomic E-state index is 0.0551. The van der Waals surface area contributed by atoms with E-state index in [4.69, 9.17) is 19.2 Å². The summed E-state index contributed by atoms with van der Waals surface area (Å²) in [6.45, 7) is 3.53. The SMILES string of the molecule is COc1ccc(OC)c(C(=O)COC(=O)c2cc(-c3cccs3)nc3c2cnn3C(C)C)c1. The normalized spacial score (nSPS) is 11.1. The van der Waals surface area contributed by atoms with Crippen LogP contribution in [0.5, 0.6) is 11.5 Å². The Hall–Kier alpha value is -3.72. The zero-order valence-electron chi connectivity index (χ0n) is 18.7. The van der Waals surface area contributed by atoms with E-state index in [0.717, 1.165) is 4.88 Å². The highest BCUT2D eigenvalue weighted by Gasteiger charge is 2.22. The highest BCUT2D eigenvalue weighted by Crippen LogP contribution is 2.30. The second-order valence-corrected chi connectivity index (χ2v) is 8.47. The Labute approximate surface area is 194 Å². The van der Waals surface area contributed by atoms with Crippen molar-refractivity contribution in [3.05, 3.63) is 59.1 Å². The van der Waals surface area contributed by atoms with Gasteiger partial charge in [0.15, 0.2) is 12.3 Å². The number of ether oxygens (including phenoxy) is 3. The number of carbonyl (C=O) groups excluding carboxylic acids is 2. The summed E-state index contributed by atoms with van der Waals surface area (Å²) < 4.78 is 17.6. The predicted octanol–water partition coefficient (Wildman–Crippen LogP) is 4.80. The van der Waals surface area contributed by atoms with E-state index < -0.39 is 18.4 Å². The summed E-state index contributed by atoms with van der Waals surface area (Å²) in [6.07, 6.45) is 1.60. The van der Waals surface area contributed by atoms with Gasteiger partial charge in [-0.1, -0.05) is 6.07 Å². The van der Waals surface area contributed by atoms with Gasteiger partial charge in [0.1, 0.15) is 11.5 Å². The average molecular weight is 466 g/mol. The Balaban J connectivity index is 1.65. The van der Waals surface area contributed by atoms with Crippen LogP contribution in [-0.2, 0) is 4.74 Å². The maximum Gasteiger partial charge on any atom is 0.339 e. The van der Waals surface area contributed by atoms with Crippen LogP contribution in [0.4, 0.5) is 0 Å². The van der Waals surface area contributed by atoms with Crippen molar-refractivity contribution in [2.75, 3.05) is 20.8 Å². The lowest BCUT2D eigenvalue weighted by Gasteiger charge is -2.11. The van der Waals surface area contributed by atoms with Crippen molar-refractivity contribution in [2.45, 2.75) is 19.9 Å². The second-order valence-electron chi connectivity index (χ2n) is 7.52. The zero-order chi connectivity index (χ0) is 23.5. The Morgan fingerprint density at radius 2 is 1.91 bits per heavy atom. The number of thiophene rings is 1. The molecule has 0 saturated carbocycles. The number of rotatable bonds is 8. The van der Waals surface area contributed by atoms with Gasteiger partial charge in [-0.05, 0) is 49.6 Å². The fraction of sp³-hybridized carbons (Fsp3) is 0.250. The summed E-state index contributed by atoms with van der Waals surface area (Å²) in [5.74, 6) is -0.149. The van der Waals surface area contributed by atoms with Crippen LogP contribution in [0.25, 0.3) is 21.6 Å². The molecule has 3 heterocycles. The van der Waals surface area contributed by atoms with E-state index in [-0.39, 0.29) is 11.6 Å². The van der Waals surface area contributed by atoms with E-state index in [0.29, 0.717) is 33.8 Å². The van der Waals surface area contributed by atoms with E-state index in [9.17, 15) is 9.59 Å². The van der Waals surface area contributed by atoms with Gasteiger partial charge in [0, 0.05) is 6.04 Å². The quantitative estimate of drug-likeness (QED) is 0.273. The molecule has 0 unspecified atom stereocenters. The molecule has 3 aromatic heterocycles. The molecule has 0 saturated heterocycles. The van der Waals surface area contributed by atoms with Gasteiger partial charge in [0.25, 0.3) is 0 Å². The molecule has 0 N–H and O–H groups in total. The molecular formula is C24H23N3O5S. The van der Waals surface area contributed by atoms with Gasteiger partial charge < -0.3 is 14.2 Å². The van der Waals surface area contributed by atoms with Crippen LogP contribution in [0.1, 0.15) is 40.6 Å². The highest BCUT2D eigenvalue weighted by atomic mass is 32.1. The van der Waals surface area contributed by atoms with E-state index in [2.05, 4.69) is 5.10 Å². The van der Waals surface area contributed by atoms with E-state index in [1.54, 1.807) is 35.1 Å². The van der Waals surface area contributed by atoms with Crippen molar-refractivity contribution >= 4 is 34.1 Å². The predicted molar refractivity (Wildman–Crippen MR) is 125 cm³/mol. The van der Waals surface area contributed by atoms with Crippen molar-refractivity contribution in [1.29, 1.82) is 0 Å². The summed E-state index contributed by atoms with van der Waals surface area (Å²) in [7, 11) is 2.98. The monoisotopic (exact) mass is 465 g/mol. The third-order valence-corrected chi connectivity index (χ3v) is 5.98. The first-order chi connectivity index (χ1) is 15.9. The van der Waals surface area contributed by atoms with Gasteiger partial charge in [-0.25, -0.2) is 14.5 Å². The highest BCUT2D eigenvalue weighted by molar-refractivity contribution is 7.13. The third-order valence-electron chi connectivity index (χ3n) is 5.09. The number of benzene rings is 1. The largest absolute Gasteiger partial charge is 0.497 e. The summed E-state index contributed by atoms with van der Waals surface area (Å²) in [6, 6.07) is 10.5. The molecule has 4 aromatic rings. The van der Waals surface area contributed by atoms with E-state index in [1.165, 1.54) is 25.6 Å². The fourth-order valence-corrected chi connectivity index (χ4v) is 4.12. The molecule has 0 spiro atoms. The number of fused-ring (bicyclic) bond motifs is 1. The molecule has 0 radical (unpaired) electrons. The van der Waals surface area contributed by atoms with Crippen molar-refractivity contribution in [2.24, 2.45) is 0 Å². The van der Waals surface area contributed by atoms with Crippen LogP contribution in [0, 0.1) is 0 Å². The lowest BCUT2D eigenvalue weighted by Crippen LogP contribution is -2.16. The van der Waals surface area contributed by atoms with Crippen molar-refractivity contribution in [1.82, 2.24) is 14.8 Å². The van der Waals surface area contributed by atoms with Crippen LogP contribution in [-0.4, -0.2) is 47.3 Å². The number of aromatic nitrogens is 3. The minimum Gasteiger partial charge on any atom is -0.497 e. The number of nitrogens with zero attached hydrogens (tertiary/aromatic N) is 3. The molecule has 170 valence electrons. The van der Waals surface area contributed by atoms with Crippen LogP contribution < -0.4 is 9.47 Å². The summed E-state index contributed by atoms with van der Waals surface area (Å²) >= 11 is 1.52. The first-order valence-corrected chi connectivity index (χ1v) is 11.2. The minimum atomic E-state index is -0.626. The molecule has 0 aliphatic carbocycles. The summed E-state index contributed by atoms with van der Waals surface area (Å²) in [4.78, 5) is 31.5. The molecule has 0 bridgehead atoms. The molecule has 0 amide bonds. The van der Waals surface area contributed by atoms with Crippen molar-refractivity contribution in [3.63, 3.8) is 0 Å². The smallest absolute Gasteiger partial charge is 0.339 e.